The Morgan fingerprint density at radius 2 is 0.824 bits per heavy atom. The van der Waals surface area contributed by atoms with Gasteiger partial charge in [-0.1, -0.05) is 84.9 Å². The first-order chi connectivity index (χ1) is 16.7. The van der Waals surface area contributed by atoms with Gasteiger partial charge in [-0.15, -0.1) is 10.2 Å². The van der Waals surface area contributed by atoms with E-state index in [1.807, 2.05) is 72.8 Å². The molecule has 0 aliphatic heterocycles. The van der Waals surface area contributed by atoms with Crippen LogP contribution >= 0.6 is 0 Å². The van der Waals surface area contributed by atoms with E-state index in [1.165, 1.54) is 12.4 Å². The van der Waals surface area contributed by atoms with Gasteiger partial charge in [0.05, 0.1) is 12.4 Å². The molecule has 4 aromatic carbocycles. The Kier molecular flexibility index (Phi) is 7.33. The van der Waals surface area contributed by atoms with Crippen LogP contribution in [0.4, 0.5) is 0 Å². The minimum Gasteiger partial charge on any atom is -0.507 e. The van der Waals surface area contributed by atoms with E-state index in [9.17, 15) is 10.2 Å². The molecule has 2 N–H and O–H groups in total. The largest absolute Gasteiger partial charge is 0.507 e. The molecule has 0 aliphatic rings. The number of nitrogens with zero attached hydrogens (tertiary/aromatic N) is 4. The maximum absolute atomic E-state index is 10.0. The van der Waals surface area contributed by atoms with Crippen LogP contribution in [0, 0.1) is 0 Å². The Balaban J connectivity index is 1.80. The Morgan fingerprint density at radius 3 is 1.21 bits per heavy atom. The highest BCUT2D eigenvalue weighted by atomic mass is 16.3. The number of para-hydroxylation sites is 2. The van der Waals surface area contributed by atoms with Gasteiger partial charge in [0.25, 0.3) is 0 Å². The van der Waals surface area contributed by atoms with E-state index < -0.39 is 0 Å². The van der Waals surface area contributed by atoms with Gasteiger partial charge in [-0.05, 0) is 24.3 Å². The predicted octanol–water partition coefficient (Wildman–Crippen LogP) is 5.44. The second-order valence-corrected chi connectivity index (χ2v) is 7.24. The van der Waals surface area contributed by atoms with Crippen molar-refractivity contribution in [2.45, 2.75) is 0 Å². The Bertz CT molecular complexity index is 1250. The number of aromatic hydroxyl groups is 2. The molecule has 166 valence electrons. The molecule has 0 atom stereocenters. The second kappa shape index (κ2) is 11.2. The van der Waals surface area contributed by atoms with Gasteiger partial charge >= 0.3 is 0 Å². The van der Waals surface area contributed by atoms with E-state index >= 15 is 0 Å². The van der Waals surface area contributed by atoms with Gasteiger partial charge in [0.15, 0.2) is 0 Å². The molecule has 0 spiro atoms. The van der Waals surface area contributed by atoms with Gasteiger partial charge in [-0.25, -0.2) is 0 Å². The lowest BCUT2D eigenvalue weighted by atomic mass is 10.00. The average molecular weight is 447 g/mol. The average Bonchev–Trinajstić information content (AvgIpc) is 2.88. The molecule has 0 saturated carbocycles. The lowest BCUT2D eigenvalue weighted by Crippen LogP contribution is -2.17. The van der Waals surface area contributed by atoms with Crippen LogP contribution in [0.3, 0.4) is 0 Å². The third-order valence-electron chi connectivity index (χ3n) is 4.90. The fourth-order valence-corrected chi connectivity index (χ4v) is 3.17. The molecular weight excluding hydrogens is 424 g/mol. The van der Waals surface area contributed by atoms with Crippen molar-refractivity contribution in [3.8, 4) is 11.5 Å². The molecular formula is C28H22N4O2. The van der Waals surface area contributed by atoms with Gasteiger partial charge < -0.3 is 10.2 Å². The molecule has 4 aromatic rings. The van der Waals surface area contributed by atoms with Crippen molar-refractivity contribution in [1.29, 1.82) is 0 Å². The number of phenols is 2. The smallest absolute Gasteiger partial charge is 0.124 e. The minimum atomic E-state index is 0.118. The highest BCUT2D eigenvalue weighted by molar-refractivity contribution is 6.53. The third-order valence-corrected chi connectivity index (χ3v) is 4.90. The fourth-order valence-electron chi connectivity index (χ4n) is 3.17. The van der Waals surface area contributed by atoms with E-state index in [0.717, 1.165) is 11.1 Å². The van der Waals surface area contributed by atoms with Crippen LogP contribution in [0.15, 0.2) is 130 Å². The van der Waals surface area contributed by atoms with Gasteiger partial charge in [0.1, 0.15) is 22.9 Å². The molecule has 0 bridgehead atoms. The summed E-state index contributed by atoms with van der Waals surface area (Å²) in [6.07, 6.45) is 2.98. The van der Waals surface area contributed by atoms with Crippen LogP contribution in [0.1, 0.15) is 22.3 Å². The Morgan fingerprint density at radius 1 is 0.471 bits per heavy atom. The molecule has 0 aromatic heterocycles. The number of benzene rings is 4. The molecule has 34 heavy (non-hydrogen) atoms. The van der Waals surface area contributed by atoms with Crippen LogP contribution < -0.4 is 0 Å². The lowest BCUT2D eigenvalue weighted by Gasteiger charge is -2.08. The monoisotopic (exact) mass is 446 g/mol. The maximum atomic E-state index is 10.0. The van der Waals surface area contributed by atoms with E-state index in [4.69, 9.17) is 0 Å². The summed E-state index contributed by atoms with van der Waals surface area (Å²) in [7, 11) is 0. The Hall–Kier alpha value is -4.84. The first-order valence-electron chi connectivity index (χ1n) is 10.6. The van der Waals surface area contributed by atoms with Crippen molar-refractivity contribution >= 4 is 23.9 Å². The van der Waals surface area contributed by atoms with Crippen LogP contribution in [-0.2, 0) is 0 Å². The summed E-state index contributed by atoms with van der Waals surface area (Å²) in [5, 5.41) is 37.5. The van der Waals surface area contributed by atoms with Gasteiger partial charge in [0.2, 0.25) is 0 Å². The van der Waals surface area contributed by atoms with Crippen molar-refractivity contribution in [1.82, 2.24) is 0 Å². The lowest BCUT2D eigenvalue weighted by molar-refractivity contribution is 0.474. The summed E-state index contributed by atoms with van der Waals surface area (Å²) in [5.41, 5.74) is 3.72. The molecule has 0 amide bonds. The summed E-state index contributed by atoms with van der Waals surface area (Å²) in [6, 6.07) is 32.9. The summed E-state index contributed by atoms with van der Waals surface area (Å²) in [4.78, 5) is 0. The van der Waals surface area contributed by atoms with E-state index in [1.54, 1.807) is 36.4 Å². The van der Waals surface area contributed by atoms with Crippen molar-refractivity contribution < 1.29 is 10.2 Å². The first kappa shape index (κ1) is 22.4. The van der Waals surface area contributed by atoms with Gasteiger partial charge in [-0.2, -0.15) is 10.2 Å². The summed E-state index contributed by atoms with van der Waals surface area (Å²) < 4.78 is 0. The summed E-state index contributed by atoms with van der Waals surface area (Å²) >= 11 is 0. The fraction of sp³-hybridized carbons (Fsp3) is 0. The third kappa shape index (κ3) is 5.69. The van der Waals surface area contributed by atoms with Crippen molar-refractivity contribution in [3.05, 3.63) is 131 Å². The molecule has 0 fully saturated rings. The number of hydrogen-bond donors (Lipinski definition) is 2. The quantitative estimate of drug-likeness (QED) is 0.292. The highest BCUT2D eigenvalue weighted by Crippen LogP contribution is 2.15. The number of rotatable bonds is 7. The normalized spacial score (nSPS) is 12.5. The summed E-state index contributed by atoms with van der Waals surface area (Å²) in [5.74, 6) is 0.235. The number of hydrogen-bond acceptors (Lipinski definition) is 6. The number of phenolic OH excluding ortho intramolecular Hbond substituents is 2. The predicted molar refractivity (Wildman–Crippen MR) is 137 cm³/mol. The topological polar surface area (TPSA) is 89.9 Å². The zero-order valence-electron chi connectivity index (χ0n) is 18.2. The van der Waals surface area contributed by atoms with Crippen molar-refractivity contribution in [3.63, 3.8) is 0 Å². The molecule has 0 saturated heterocycles. The van der Waals surface area contributed by atoms with Crippen LogP contribution in [-0.4, -0.2) is 34.1 Å². The zero-order chi connectivity index (χ0) is 23.6. The van der Waals surface area contributed by atoms with E-state index in [2.05, 4.69) is 20.4 Å². The van der Waals surface area contributed by atoms with Crippen LogP contribution in [0.5, 0.6) is 11.5 Å². The van der Waals surface area contributed by atoms with Gasteiger partial charge in [-0.3, -0.25) is 0 Å². The van der Waals surface area contributed by atoms with Crippen LogP contribution in [0.2, 0.25) is 0 Å². The standard InChI is InChI=1S/C28H22N4O2/c33-25-17-9-7-15-23(25)19-29-31-27(21-11-3-1-4-12-21)28(22-13-5-2-6-14-22)32-30-20-24-16-8-10-18-26(24)34/h1-20,33-34H/b29-19-,30-20+,31-27-,32-28-. The first-order valence-corrected chi connectivity index (χ1v) is 10.6. The van der Waals surface area contributed by atoms with Crippen molar-refractivity contribution in [2.24, 2.45) is 20.4 Å². The Labute approximate surface area is 197 Å². The molecule has 0 radical (unpaired) electrons. The molecule has 4 rings (SSSR count). The molecule has 6 nitrogen and oxygen atoms in total. The molecule has 0 heterocycles. The zero-order valence-corrected chi connectivity index (χ0v) is 18.2. The van der Waals surface area contributed by atoms with Crippen LogP contribution in [0.25, 0.3) is 0 Å². The SMILES string of the molecule is Oc1ccccc1\C=N/N=C(\C(=N/N=C/c1ccccc1O)c1ccccc1)c1ccccc1. The van der Waals surface area contributed by atoms with Gasteiger partial charge in [0, 0.05) is 22.3 Å². The molecule has 6 heteroatoms. The second-order valence-electron chi connectivity index (χ2n) is 7.24. The molecule has 0 unspecified atom stereocenters. The maximum Gasteiger partial charge on any atom is 0.124 e. The molecule has 0 aliphatic carbocycles. The van der Waals surface area contributed by atoms with E-state index in [0.29, 0.717) is 22.6 Å². The summed E-state index contributed by atoms with van der Waals surface area (Å²) in [6.45, 7) is 0. The minimum absolute atomic E-state index is 0.118. The van der Waals surface area contributed by atoms with Crippen molar-refractivity contribution in [2.75, 3.05) is 0 Å². The highest BCUT2D eigenvalue weighted by Gasteiger charge is 2.15. The van der Waals surface area contributed by atoms with E-state index in [-0.39, 0.29) is 11.5 Å².